The maximum atomic E-state index is 11.8. The van der Waals surface area contributed by atoms with Gasteiger partial charge in [-0.25, -0.2) is 0 Å². The normalized spacial score (nSPS) is 19.8. The van der Waals surface area contributed by atoms with Gasteiger partial charge in [-0.1, -0.05) is 27.7 Å². The molecule has 0 saturated heterocycles. The Morgan fingerprint density at radius 1 is 1.38 bits per heavy atom. The number of hydrogen-bond donors (Lipinski definition) is 0. The molecule has 1 fully saturated rings. The van der Waals surface area contributed by atoms with Crippen molar-refractivity contribution >= 4 is 5.91 Å². The molecule has 0 aliphatic heterocycles. The summed E-state index contributed by atoms with van der Waals surface area (Å²) in [6.45, 7) is 9.09. The number of carbonyl (C=O) groups is 1. The van der Waals surface area contributed by atoms with Crippen molar-refractivity contribution < 1.29 is 4.79 Å². The molecule has 0 heterocycles. The van der Waals surface area contributed by atoms with E-state index in [9.17, 15) is 4.79 Å². The van der Waals surface area contributed by atoms with E-state index < -0.39 is 0 Å². The first-order valence-corrected chi connectivity index (χ1v) is 5.00. The molecular formula is C11H21NO. The molecule has 13 heavy (non-hydrogen) atoms. The highest BCUT2D eigenvalue weighted by molar-refractivity contribution is 5.81. The van der Waals surface area contributed by atoms with Gasteiger partial charge in [0.2, 0.25) is 5.91 Å². The van der Waals surface area contributed by atoms with Crippen LogP contribution in [-0.4, -0.2) is 24.4 Å². The summed E-state index contributed by atoms with van der Waals surface area (Å²) in [5.74, 6) is 0.251. The number of rotatable bonds is 2. The number of nitrogens with zero attached hydrogens (tertiary/aromatic N) is 1. The van der Waals surface area contributed by atoms with Crippen LogP contribution in [0.15, 0.2) is 0 Å². The summed E-state index contributed by atoms with van der Waals surface area (Å²) in [4.78, 5) is 13.7. The second-order valence-corrected chi connectivity index (χ2v) is 5.72. The van der Waals surface area contributed by atoms with Crippen molar-refractivity contribution in [2.45, 2.75) is 40.5 Å². The van der Waals surface area contributed by atoms with E-state index >= 15 is 0 Å². The van der Waals surface area contributed by atoms with Crippen LogP contribution in [0.25, 0.3) is 0 Å². The maximum absolute atomic E-state index is 11.8. The fraction of sp³-hybridized carbons (Fsp3) is 0.909. The standard InChI is InChI=1S/C11H21NO/c1-10(2,3)9(13)12(5)8-11(4)6-7-11/h6-8H2,1-5H3. The molecule has 0 radical (unpaired) electrons. The van der Waals surface area contributed by atoms with Gasteiger partial charge in [0, 0.05) is 19.0 Å². The summed E-state index contributed by atoms with van der Waals surface area (Å²) >= 11 is 0. The van der Waals surface area contributed by atoms with Crippen LogP contribution in [0.1, 0.15) is 40.5 Å². The monoisotopic (exact) mass is 183 g/mol. The summed E-state index contributed by atoms with van der Waals surface area (Å²) in [6.07, 6.45) is 2.55. The molecular weight excluding hydrogens is 162 g/mol. The maximum Gasteiger partial charge on any atom is 0.227 e. The third-order valence-corrected chi connectivity index (χ3v) is 2.71. The average Bonchev–Trinajstić information content (AvgIpc) is 2.64. The lowest BCUT2D eigenvalue weighted by Crippen LogP contribution is -2.39. The fourth-order valence-corrected chi connectivity index (χ4v) is 1.59. The SMILES string of the molecule is CN(CC1(C)CC1)C(=O)C(C)(C)C. The van der Waals surface area contributed by atoms with E-state index in [0.717, 1.165) is 6.54 Å². The Morgan fingerprint density at radius 3 is 2.15 bits per heavy atom. The topological polar surface area (TPSA) is 20.3 Å². The van der Waals surface area contributed by atoms with Crippen molar-refractivity contribution in [1.82, 2.24) is 4.90 Å². The van der Waals surface area contributed by atoms with Gasteiger partial charge in [0.15, 0.2) is 0 Å². The van der Waals surface area contributed by atoms with E-state index in [-0.39, 0.29) is 11.3 Å². The number of hydrogen-bond acceptors (Lipinski definition) is 1. The lowest BCUT2D eigenvalue weighted by molar-refractivity contribution is -0.138. The molecule has 1 amide bonds. The van der Waals surface area contributed by atoms with Gasteiger partial charge >= 0.3 is 0 Å². The molecule has 76 valence electrons. The highest BCUT2D eigenvalue weighted by Gasteiger charge is 2.40. The minimum absolute atomic E-state index is 0.236. The quantitative estimate of drug-likeness (QED) is 0.643. The Morgan fingerprint density at radius 2 is 1.85 bits per heavy atom. The summed E-state index contributed by atoms with van der Waals surface area (Å²) in [7, 11) is 1.91. The van der Waals surface area contributed by atoms with Crippen molar-refractivity contribution in [2.24, 2.45) is 10.8 Å². The summed E-state index contributed by atoms with van der Waals surface area (Å²) in [5.41, 5.74) is 0.190. The second kappa shape index (κ2) is 3.00. The molecule has 1 saturated carbocycles. The zero-order chi connectivity index (χ0) is 10.3. The second-order valence-electron chi connectivity index (χ2n) is 5.72. The molecule has 1 aliphatic carbocycles. The van der Waals surface area contributed by atoms with Gasteiger partial charge in [-0.05, 0) is 18.3 Å². The third kappa shape index (κ3) is 2.71. The van der Waals surface area contributed by atoms with Crippen LogP contribution in [-0.2, 0) is 4.79 Å². The van der Waals surface area contributed by atoms with Gasteiger partial charge in [0.1, 0.15) is 0 Å². The first-order chi connectivity index (χ1) is 5.75. The fourth-order valence-electron chi connectivity index (χ4n) is 1.59. The van der Waals surface area contributed by atoms with Crippen molar-refractivity contribution in [3.8, 4) is 0 Å². The van der Waals surface area contributed by atoms with E-state index in [1.54, 1.807) is 0 Å². The van der Waals surface area contributed by atoms with Crippen LogP contribution in [0.5, 0.6) is 0 Å². The lowest BCUT2D eigenvalue weighted by Gasteiger charge is -2.28. The highest BCUT2D eigenvalue weighted by Crippen LogP contribution is 2.45. The van der Waals surface area contributed by atoms with Crippen LogP contribution >= 0.6 is 0 Å². The smallest absolute Gasteiger partial charge is 0.227 e. The van der Waals surface area contributed by atoms with Gasteiger partial charge in [-0.2, -0.15) is 0 Å². The first-order valence-electron chi connectivity index (χ1n) is 5.00. The molecule has 0 aromatic carbocycles. The Kier molecular flexibility index (Phi) is 2.44. The molecule has 0 atom stereocenters. The number of amides is 1. The molecule has 1 rings (SSSR count). The van der Waals surface area contributed by atoms with Crippen molar-refractivity contribution in [2.75, 3.05) is 13.6 Å². The molecule has 0 unspecified atom stereocenters. The Bertz CT molecular complexity index is 211. The van der Waals surface area contributed by atoms with Gasteiger partial charge in [0.25, 0.3) is 0 Å². The molecule has 2 nitrogen and oxygen atoms in total. The predicted octanol–water partition coefficient (Wildman–Crippen LogP) is 2.29. The van der Waals surface area contributed by atoms with Crippen LogP contribution in [0.3, 0.4) is 0 Å². The van der Waals surface area contributed by atoms with E-state index in [4.69, 9.17) is 0 Å². The largest absolute Gasteiger partial charge is 0.345 e. The van der Waals surface area contributed by atoms with Crippen LogP contribution in [0.4, 0.5) is 0 Å². The van der Waals surface area contributed by atoms with Crippen molar-refractivity contribution in [3.05, 3.63) is 0 Å². The first kappa shape index (κ1) is 10.6. The minimum atomic E-state index is -0.236. The van der Waals surface area contributed by atoms with E-state index in [1.807, 2.05) is 32.7 Å². The Hall–Kier alpha value is -0.530. The van der Waals surface area contributed by atoms with Crippen LogP contribution < -0.4 is 0 Å². The van der Waals surface area contributed by atoms with E-state index in [1.165, 1.54) is 12.8 Å². The van der Waals surface area contributed by atoms with Crippen molar-refractivity contribution in [3.63, 3.8) is 0 Å². The molecule has 0 bridgehead atoms. The summed E-state index contributed by atoms with van der Waals surface area (Å²) < 4.78 is 0. The van der Waals surface area contributed by atoms with Gasteiger partial charge in [0.05, 0.1) is 0 Å². The number of carbonyl (C=O) groups excluding carboxylic acids is 1. The van der Waals surface area contributed by atoms with Crippen LogP contribution in [0.2, 0.25) is 0 Å². The lowest BCUT2D eigenvalue weighted by atomic mass is 9.94. The summed E-state index contributed by atoms with van der Waals surface area (Å²) in [5, 5.41) is 0. The molecule has 0 aromatic heterocycles. The molecule has 0 spiro atoms. The van der Waals surface area contributed by atoms with E-state index in [0.29, 0.717) is 5.41 Å². The van der Waals surface area contributed by atoms with E-state index in [2.05, 4.69) is 6.92 Å². The third-order valence-electron chi connectivity index (χ3n) is 2.71. The zero-order valence-corrected chi connectivity index (χ0v) is 9.48. The average molecular weight is 183 g/mol. The molecule has 2 heteroatoms. The van der Waals surface area contributed by atoms with Gasteiger partial charge < -0.3 is 4.90 Å². The Labute approximate surface area is 81.3 Å². The predicted molar refractivity (Wildman–Crippen MR) is 54.4 cm³/mol. The molecule has 0 aromatic rings. The van der Waals surface area contributed by atoms with Crippen molar-refractivity contribution in [1.29, 1.82) is 0 Å². The molecule has 1 aliphatic rings. The summed E-state index contributed by atoms with van der Waals surface area (Å²) in [6, 6.07) is 0. The van der Waals surface area contributed by atoms with Crippen LogP contribution in [0, 0.1) is 10.8 Å². The Balaban J connectivity index is 2.48. The van der Waals surface area contributed by atoms with Gasteiger partial charge in [-0.15, -0.1) is 0 Å². The van der Waals surface area contributed by atoms with Gasteiger partial charge in [-0.3, -0.25) is 4.79 Å². The molecule has 0 N–H and O–H groups in total. The zero-order valence-electron chi connectivity index (χ0n) is 9.48. The highest BCUT2D eigenvalue weighted by atomic mass is 16.2. The minimum Gasteiger partial charge on any atom is -0.345 e.